The molecule has 3 heterocycles. The minimum Gasteiger partial charge on any atom is -0.497 e. The quantitative estimate of drug-likeness (QED) is 0.595. The molecule has 1 N–H and O–H groups in total. The molecule has 1 fully saturated rings. The molecular weight excluding hydrogens is 422 g/mol. The fourth-order valence-electron chi connectivity index (χ4n) is 3.96. The van der Waals surface area contributed by atoms with Crippen molar-refractivity contribution in [3.05, 3.63) is 59.5 Å². The van der Waals surface area contributed by atoms with E-state index in [1.54, 1.807) is 41.1 Å². The normalized spacial score (nSPS) is 15.6. The Hall–Kier alpha value is -3.88. The molecule has 1 atom stereocenters. The van der Waals surface area contributed by atoms with Crippen LogP contribution >= 0.6 is 0 Å². The molecule has 1 aromatic carbocycles. The van der Waals surface area contributed by atoms with E-state index in [4.69, 9.17) is 9.47 Å². The molecule has 0 aliphatic carbocycles. The van der Waals surface area contributed by atoms with E-state index in [9.17, 15) is 9.59 Å². The zero-order valence-corrected chi connectivity index (χ0v) is 19.2. The van der Waals surface area contributed by atoms with Crippen LogP contribution in [0.25, 0.3) is 5.82 Å². The predicted molar refractivity (Wildman–Crippen MR) is 123 cm³/mol. The van der Waals surface area contributed by atoms with Gasteiger partial charge in [-0.3, -0.25) is 9.59 Å². The summed E-state index contributed by atoms with van der Waals surface area (Å²) in [6, 6.07) is 11.0. The summed E-state index contributed by atoms with van der Waals surface area (Å²) in [7, 11) is 3.11. The van der Waals surface area contributed by atoms with Crippen LogP contribution in [0.5, 0.6) is 11.5 Å². The van der Waals surface area contributed by atoms with Crippen LogP contribution in [-0.2, 0) is 16.1 Å². The first-order valence-corrected chi connectivity index (χ1v) is 10.7. The van der Waals surface area contributed by atoms with Crippen molar-refractivity contribution in [3.63, 3.8) is 0 Å². The smallest absolute Gasteiger partial charge is 0.227 e. The lowest BCUT2D eigenvalue weighted by Gasteiger charge is -2.20. The summed E-state index contributed by atoms with van der Waals surface area (Å²) in [6.45, 7) is 4.54. The number of anilines is 1. The number of carbonyl (C=O) groups excluding carboxylic acids is 2. The molecule has 1 unspecified atom stereocenters. The highest BCUT2D eigenvalue weighted by molar-refractivity contribution is 6.01. The van der Waals surface area contributed by atoms with Gasteiger partial charge in [-0.1, -0.05) is 6.07 Å². The molecule has 0 spiro atoms. The van der Waals surface area contributed by atoms with Crippen LogP contribution in [0, 0.1) is 19.8 Å². The SMILES string of the molecule is COc1ccc(N2CC(C(=O)NCc3ccc(-n4nc(C)cc4C)nc3)CC2=O)c(OC)c1. The Morgan fingerprint density at radius 1 is 1.15 bits per heavy atom. The predicted octanol–water partition coefficient (Wildman–Crippen LogP) is 2.57. The minimum absolute atomic E-state index is 0.116. The number of amides is 2. The van der Waals surface area contributed by atoms with Crippen molar-refractivity contribution in [3.8, 4) is 17.3 Å². The molecule has 4 rings (SSSR count). The Morgan fingerprint density at radius 2 is 1.97 bits per heavy atom. The van der Waals surface area contributed by atoms with Gasteiger partial charge in [-0.25, -0.2) is 9.67 Å². The van der Waals surface area contributed by atoms with Crippen molar-refractivity contribution in [2.24, 2.45) is 5.92 Å². The number of nitrogens with zero attached hydrogens (tertiary/aromatic N) is 4. The van der Waals surface area contributed by atoms with Gasteiger partial charge in [0.05, 0.1) is 31.5 Å². The first-order chi connectivity index (χ1) is 15.9. The Morgan fingerprint density at radius 3 is 2.61 bits per heavy atom. The number of hydrogen-bond acceptors (Lipinski definition) is 6. The molecule has 0 radical (unpaired) electrons. The van der Waals surface area contributed by atoms with Gasteiger partial charge in [0, 0.05) is 37.5 Å². The van der Waals surface area contributed by atoms with Gasteiger partial charge in [-0.2, -0.15) is 5.10 Å². The van der Waals surface area contributed by atoms with Gasteiger partial charge in [0.25, 0.3) is 0 Å². The highest BCUT2D eigenvalue weighted by atomic mass is 16.5. The molecule has 9 nitrogen and oxygen atoms in total. The fraction of sp³-hybridized carbons (Fsp3) is 0.333. The molecule has 3 aromatic rings. The Labute approximate surface area is 192 Å². The monoisotopic (exact) mass is 449 g/mol. The summed E-state index contributed by atoms with van der Waals surface area (Å²) < 4.78 is 12.4. The van der Waals surface area contributed by atoms with Crippen molar-refractivity contribution in [2.75, 3.05) is 25.7 Å². The van der Waals surface area contributed by atoms with E-state index in [0.29, 0.717) is 30.3 Å². The van der Waals surface area contributed by atoms with Crippen LogP contribution in [0.4, 0.5) is 5.69 Å². The van der Waals surface area contributed by atoms with Crippen LogP contribution in [0.15, 0.2) is 42.6 Å². The number of rotatable bonds is 7. The van der Waals surface area contributed by atoms with Gasteiger partial charge in [0.15, 0.2) is 5.82 Å². The topological polar surface area (TPSA) is 98.6 Å². The molecule has 172 valence electrons. The van der Waals surface area contributed by atoms with E-state index in [1.807, 2.05) is 32.0 Å². The number of pyridine rings is 1. The fourth-order valence-corrected chi connectivity index (χ4v) is 3.96. The van der Waals surface area contributed by atoms with Crippen molar-refractivity contribution < 1.29 is 19.1 Å². The van der Waals surface area contributed by atoms with Crippen molar-refractivity contribution in [1.29, 1.82) is 0 Å². The summed E-state index contributed by atoms with van der Waals surface area (Å²) in [5.41, 5.74) is 3.43. The molecule has 1 aliphatic rings. The lowest BCUT2D eigenvalue weighted by Crippen LogP contribution is -2.32. The largest absolute Gasteiger partial charge is 0.497 e. The number of ether oxygens (including phenoxy) is 2. The molecule has 0 saturated carbocycles. The summed E-state index contributed by atoms with van der Waals surface area (Å²) >= 11 is 0. The van der Waals surface area contributed by atoms with Gasteiger partial charge in [0.2, 0.25) is 11.8 Å². The van der Waals surface area contributed by atoms with E-state index in [0.717, 1.165) is 22.8 Å². The third kappa shape index (κ3) is 4.67. The Kier molecular flexibility index (Phi) is 6.30. The van der Waals surface area contributed by atoms with Gasteiger partial charge >= 0.3 is 0 Å². The third-order valence-electron chi connectivity index (χ3n) is 5.68. The number of hydrogen-bond donors (Lipinski definition) is 1. The summed E-state index contributed by atoms with van der Waals surface area (Å²) in [6.07, 6.45) is 1.87. The summed E-state index contributed by atoms with van der Waals surface area (Å²) in [5.74, 6) is 1.16. The number of carbonyl (C=O) groups is 2. The van der Waals surface area contributed by atoms with Crippen molar-refractivity contribution in [1.82, 2.24) is 20.1 Å². The van der Waals surface area contributed by atoms with Gasteiger partial charge in [-0.05, 0) is 43.7 Å². The number of aromatic nitrogens is 3. The molecule has 33 heavy (non-hydrogen) atoms. The molecule has 2 amide bonds. The van der Waals surface area contributed by atoms with Crippen LogP contribution < -0.4 is 19.7 Å². The van der Waals surface area contributed by atoms with Crippen LogP contribution in [0.2, 0.25) is 0 Å². The standard InChI is InChI=1S/C24H27N5O4/c1-15-9-16(2)29(27-15)22-8-5-17(12-25-22)13-26-24(31)18-10-23(30)28(14-18)20-7-6-19(32-3)11-21(20)33-4/h5-9,11-12,18H,10,13-14H2,1-4H3,(H,26,31). The summed E-state index contributed by atoms with van der Waals surface area (Å²) in [5, 5.41) is 7.35. The van der Waals surface area contributed by atoms with E-state index < -0.39 is 5.92 Å². The molecular formula is C24H27N5O4. The average Bonchev–Trinajstić information content (AvgIpc) is 3.38. The van der Waals surface area contributed by atoms with Gasteiger partial charge in [-0.15, -0.1) is 0 Å². The maximum Gasteiger partial charge on any atom is 0.227 e. The second kappa shape index (κ2) is 9.32. The number of benzene rings is 1. The van der Waals surface area contributed by atoms with E-state index >= 15 is 0 Å². The third-order valence-corrected chi connectivity index (χ3v) is 5.68. The second-order valence-electron chi connectivity index (χ2n) is 8.02. The summed E-state index contributed by atoms with van der Waals surface area (Å²) in [4.78, 5) is 31.4. The lowest BCUT2D eigenvalue weighted by atomic mass is 10.1. The number of nitrogens with one attached hydrogen (secondary N) is 1. The second-order valence-corrected chi connectivity index (χ2v) is 8.02. The highest BCUT2D eigenvalue weighted by Gasteiger charge is 2.36. The first kappa shape index (κ1) is 22.3. The lowest BCUT2D eigenvalue weighted by molar-refractivity contribution is -0.126. The molecule has 1 aliphatic heterocycles. The van der Waals surface area contributed by atoms with Crippen molar-refractivity contribution >= 4 is 17.5 Å². The number of aryl methyl sites for hydroxylation is 2. The highest BCUT2D eigenvalue weighted by Crippen LogP contribution is 2.35. The Bertz CT molecular complexity index is 1170. The zero-order chi connectivity index (χ0) is 23.5. The molecule has 9 heteroatoms. The van der Waals surface area contributed by atoms with Crippen LogP contribution in [0.1, 0.15) is 23.4 Å². The van der Waals surface area contributed by atoms with E-state index in [-0.39, 0.29) is 18.2 Å². The van der Waals surface area contributed by atoms with E-state index in [2.05, 4.69) is 15.4 Å². The van der Waals surface area contributed by atoms with Gasteiger partial charge in [0.1, 0.15) is 11.5 Å². The Balaban J connectivity index is 1.38. The van der Waals surface area contributed by atoms with E-state index in [1.165, 1.54) is 7.11 Å². The molecule has 0 bridgehead atoms. The molecule has 2 aromatic heterocycles. The maximum atomic E-state index is 12.8. The zero-order valence-electron chi connectivity index (χ0n) is 19.2. The average molecular weight is 450 g/mol. The van der Waals surface area contributed by atoms with Crippen LogP contribution in [0.3, 0.4) is 0 Å². The number of methoxy groups -OCH3 is 2. The minimum atomic E-state index is -0.439. The maximum absolute atomic E-state index is 12.8. The molecule has 1 saturated heterocycles. The first-order valence-electron chi connectivity index (χ1n) is 10.7. The van der Waals surface area contributed by atoms with Crippen molar-refractivity contribution in [2.45, 2.75) is 26.8 Å². The van der Waals surface area contributed by atoms with Crippen LogP contribution in [-0.4, -0.2) is 47.3 Å². The van der Waals surface area contributed by atoms with Gasteiger partial charge < -0.3 is 19.7 Å².